The van der Waals surface area contributed by atoms with Crippen LogP contribution >= 0.6 is 0 Å². The number of rotatable bonds is 4. The Hall–Kier alpha value is -1.79. The Kier molecular flexibility index (Phi) is 3.36. The average molecular weight is 229 g/mol. The average Bonchev–Trinajstić information content (AvgIpc) is 2.08. The zero-order valence-corrected chi connectivity index (χ0v) is 8.95. The fourth-order valence-electron chi connectivity index (χ4n) is 1.55. The number of urea groups is 1. The van der Waals surface area contributed by atoms with E-state index in [0.717, 1.165) is 6.42 Å². The second-order valence-electron chi connectivity index (χ2n) is 3.96. The minimum absolute atomic E-state index is 0.414. The van der Waals surface area contributed by atoms with Crippen LogP contribution in [0.4, 0.5) is 4.79 Å². The Bertz CT molecular complexity index is 325. The van der Waals surface area contributed by atoms with Gasteiger partial charge in [0.05, 0.1) is 0 Å². The van der Waals surface area contributed by atoms with Crippen molar-refractivity contribution in [2.45, 2.75) is 37.8 Å². The standard InChI is InChI=1S/C9H15N3O4/c1-5(11-8(10)16)6(13)12-9(7(14)15)3-2-4-9/h5H,2-4H2,1H3,(H,12,13)(H,14,15)(H3,10,11,16). The van der Waals surface area contributed by atoms with Crippen LogP contribution in [0, 0.1) is 0 Å². The van der Waals surface area contributed by atoms with Gasteiger partial charge in [0.2, 0.25) is 5.91 Å². The first-order chi connectivity index (χ1) is 7.37. The van der Waals surface area contributed by atoms with Gasteiger partial charge in [0.15, 0.2) is 0 Å². The maximum absolute atomic E-state index is 11.5. The van der Waals surface area contributed by atoms with Gasteiger partial charge in [-0.25, -0.2) is 9.59 Å². The summed E-state index contributed by atoms with van der Waals surface area (Å²) in [6, 6.07) is -1.66. The molecule has 16 heavy (non-hydrogen) atoms. The zero-order chi connectivity index (χ0) is 12.3. The molecule has 5 N–H and O–H groups in total. The van der Waals surface area contributed by atoms with Crippen LogP contribution in [0.5, 0.6) is 0 Å². The lowest BCUT2D eigenvalue weighted by atomic mass is 9.76. The van der Waals surface area contributed by atoms with Crippen molar-refractivity contribution in [1.29, 1.82) is 0 Å². The van der Waals surface area contributed by atoms with Gasteiger partial charge in [0.1, 0.15) is 11.6 Å². The quantitative estimate of drug-likeness (QED) is 0.502. The molecule has 1 aliphatic rings. The Balaban J connectivity index is 2.56. The van der Waals surface area contributed by atoms with Crippen molar-refractivity contribution in [2.75, 3.05) is 0 Å². The topological polar surface area (TPSA) is 122 Å². The molecule has 0 aromatic heterocycles. The molecule has 0 spiro atoms. The van der Waals surface area contributed by atoms with Crippen LogP contribution in [0.2, 0.25) is 0 Å². The van der Waals surface area contributed by atoms with Crippen molar-refractivity contribution in [3.8, 4) is 0 Å². The van der Waals surface area contributed by atoms with Gasteiger partial charge in [0.25, 0.3) is 0 Å². The second kappa shape index (κ2) is 4.38. The number of hydrogen-bond acceptors (Lipinski definition) is 3. The lowest BCUT2D eigenvalue weighted by Crippen LogP contribution is -2.62. The molecule has 1 unspecified atom stereocenters. The van der Waals surface area contributed by atoms with E-state index in [1.54, 1.807) is 0 Å². The number of aliphatic carboxylic acids is 1. The van der Waals surface area contributed by atoms with Crippen molar-refractivity contribution >= 4 is 17.9 Å². The number of carbonyl (C=O) groups excluding carboxylic acids is 2. The molecule has 3 amide bonds. The van der Waals surface area contributed by atoms with Crippen molar-refractivity contribution < 1.29 is 19.5 Å². The SMILES string of the molecule is CC(NC(N)=O)C(=O)NC1(C(=O)O)CCC1. The Labute approximate surface area is 92.4 Å². The van der Waals surface area contributed by atoms with E-state index in [0.29, 0.717) is 12.8 Å². The first-order valence-corrected chi connectivity index (χ1v) is 4.99. The van der Waals surface area contributed by atoms with Crippen LogP contribution < -0.4 is 16.4 Å². The highest BCUT2D eigenvalue weighted by atomic mass is 16.4. The lowest BCUT2D eigenvalue weighted by molar-refractivity contribution is -0.152. The Morgan fingerprint density at radius 2 is 1.94 bits per heavy atom. The number of nitrogens with two attached hydrogens (primary N) is 1. The maximum atomic E-state index is 11.5. The van der Waals surface area contributed by atoms with Crippen LogP contribution in [0.15, 0.2) is 0 Å². The monoisotopic (exact) mass is 229 g/mol. The van der Waals surface area contributed by atoms with E-state index in [1.165, 1.54) is 6.92 Å². The summed E-state index contributed by atoms with van der Waals surface area (Å²) < 4.78 is 0. The third-order valence-corrected chi connectivity index (χ3v) is 2.73. The van der Waals surface area contributed by atoms with Crippen molar-refractivity contribution in [3.05, 3.63) is 0 Å². The van der Waals surface area contributed by atoms with Crippen molar-refractivity contribution in [1.82, 2.24) is 10.6 Å². The molecular formula is C9H15N3O4. The molecule has 0 aromatic carbocycles. The highest BCUT2D eigenvalue weighted by Crippen LogP contribution is 2.31. The van der Waals surface area contributed by atoms with Crippen molar-refractivity contribution in [2.24, 2.45) is 5.73 Å². The first-order valence-electron chi connectivity index (χ1n) is 4.99. The number of carboxylic acid groups (broad SMARTS) is 1. The summed E-state index contributed by atoms with van der Waals surface area (Å²) in [4.78, 5) is 33.0. The molecule has 0 saturated heterocycles. The molecule has 0 radical (unpaired) electrons. The van der Waals surface area contributed by atoms with E-state index >= 15 is 0 Å². The van der Waals surface area contributed by atoms with Crippen LogP contribution in [0.3, 0.4) is 0 Å². The van der Waals surface area contributed by atoms with Gasteiger partial charge in [-0.1, -0.05) is 0 Å². The van der Waals surface area contributed by atoms with E-state index < -0.39 is 29.5 Å². The summed E-state index contributed by atoms with van der Waals surface area (Å²) in [6.45, 7) is 1.44. The smallest absolute Gasteiger partial charge is 0.329 e. The Morgan fingerprint density at radius 1 is 1.38 bits per heavy atom. The fraction of sp³-hybridized carbons (Fsp3) is 0.667. The van der Waals surface area contributed by atoms with Gasteiger partial charge in [-0.2, -0.15) is 0 Å². The first kappa shape index (κ1) is 12.3. The van der Waals surface area contributed by atoms with Crippen molar-refractivity contribution in [3.63, 3.8) is 0 Å². The predicted molar refractivity (Wildman–Crippen MR) is 54.5 cm³/mol. The summed E-state index contributed by atoms with van der Waals surface area (Å²) in [6.07, 6.45) is 1.60. The summed E-state index contributed by atoms with van der Waals surface area (Å²) in [5.74, 6) is -1.58. The molecular weight excluding hydrogens is 214 g/mol. The zero-order valence-electron chi connectivity index (χ0n) is 8.95. The molecule has 0 aliphatic heterocycles. The molecule has 0 aromatic rings. The van der Waals surface area contributed by atoms with Gasteiger partial charge < -0.3 is 21.5 Å². The molecule has 1 atom stereocenters. The number of hydrogen-bond donors (Lipinski definition) is 4. The Morgan fingerprint density at radius 3 is 2.25 bits per heavy atom. The van der Waals surface area contributed by atoms with Gasteiger partial charge in [-0.3, -0.25) is 4.79 Å². The summed E-state index contributed by atoms with van der Waals surface area (Å²) in [7, 11) is 0. The third-order valence-electron chi connectivity index (χ3n) is 2.73. The molecule has 1 rings (SSSR count). The van der Waals surface area contributed by atoms with E-state index in [2.05, 4.69) is 10.6 Å². The van der Waals surface area contributed by atoms with Crippen LogP contribution in [-0.4, -0.2) is 34.6 Å². The molecule has 90 valence electrons. The van der Waals surface area contributed by atoms with E-state index in [1.807, 2.05) is 0 Å². The summed E-state index contributed by atoms with van der Waals surface area (Å²) in [5.41, 5.74) is 3.69. The third kappa shape index (κ3) is 2.41. The van der Waals surface area contributed by atoms with Crippen LogP contribution in [0.1, 0.15) is 26.2 Å². The normalized spacial score (nSPS) is 19.1. The van der Waals surface area contributed by atoms with E-state index in [9.17, 15) is 14.4 Å². The molecule has 1 fully saturated rings. The van der Waals surface area contributed by atoms with E-state index in [4.69, 9.17) is 10.8 Å². The molecule has 0 heterocycles. The second-order valence-corrected chi connectivity index (χ2v) is 3.96. The maximum Gasteiger partial charge on any atom is 0.329 e. The molecule has 7 heteroatoms. The minimum atomic E-state index is -1.16. The van der Waals surface area contributed by atoms with Gasteiger partial charge in [-0.15, -0.1) is 0 Å². The van der Waals surface area contributed by atoms with Crippen LogP contribution in [0.25, 0.3) is 0 Å². The summed E-state index contributed by atoms with van der Waals surface area (Å²) in [5, 5.41) is 13.6. The summed E-state index contributed by atoms with van der Waals surface area (Å²) >= 11 is 0. The minimum Gasteiger partial charge on any atom is -0.480 e. The molecule has 1 aliphatic carbocycles. The van der Waals surface area contributed by atoms with Crippen LogP contribution in [-0.2, 0) is 9.59 Å². The molecule has 7 nitrogen and oxygen atoms in total. The predicted octanol–water partition coefficient (Wildman–Crippen LogP) is -0.833. The lowest BCUT2D eigenvalue weighted by Gasteiger charge is -2.38. The highest BCUT2D eigenvalue weighted by Gasteiger charge is 2.46. The molecule has 0 bridgehead atoms. The number of carbonyl (C=O) groups is 3. The fourth-order valence-corrected chi connectivity index (χ4v) is 1.55. The largest absolute Gasteiger partial charge is 0.480 e. The number of carboxylic acids is 1. The van der Waals surface area contributed by atoms with Gasteiger partial charge in [0, 0.05) is 0 Å². The molecule has 1 saturated carbocycles. The number of primary amides is 1. The van der Waals surface area contributed by atoms with Gasteiger partial charge in [-0.05, 0) is 26.2 Å². The number of nitrogens with one attached hydrogen (secondary N) is 2. The van der Waals surface area contributed by atoms with E-state index in [-0.39, 0.29) is 0 Å². The highest BCUT2D eigenvalue weighted by molar-refractivity contribution is 5.91. The van der Waals surface area contributed by atoms with Gasteiger partial charge >= 0.3 is 12.0 Å². The number of amides is 3.